The molecule has 2 aromatic heterocycles. The Hall–Kier alpha value is -2.49. The van der Waals surface area contributed by atoms with E-state index in [4.69, 9.17) is 5.26 Å². The zero-order chi connectivity index (χ0) is 12.4. The Bertz CT molecular complexity index is 625. The third kappa shape index (κ3) is 2.06. The molecule has 0 saturated heterocycles. The molecular formula is C10H9N5O2. The van der Waals surface area contributed by atoms with Crippen LogP contribution in [0.1, 0.15) is 22.0 Å². The van der Waals surface area contributed by atoms with E-state index < -0.39 is 5.97 Å². The van der Waals surface area contributed by atoms with Crippen molar-refractivity contribution in [3.8, 4) is 6.07 Å². The van der Waals surface area contributed by atoms with Crippen molar-refractivity contribution < 1.29 is 9.53 Å². The van der Waals surface area contributed by atoms with Gasteiger partial charge in [-0.15, -0.1) is 5.10 Å². The van der Waals surface area contributed by atoms with Crippen molar-refractivity contribution in [3.63, 3.8) is 0 Å². The number of hydrogen-bond acceptors (Lipinski definition) is 6. The largest absolute Gasteiger partial charge is 0.444 e. The molecule has 7 nitrogen and oxygen atoms in total. The van der Waals surface area contributed by atoms with Crippen LogP contribution in [0.3, 0.4) is 0 Å². The lowest BCUT2D eigenvalue weighted by Gasteiger charge is -1.97. The van der Waals surface area contributed by atoms with E-state index in [1.165, 1.54) is 4.52 Å². The number of carbonyl (C=O) groups excluding carboxylic acids is 1. The van der Waals surface area contributed by atoms with E-state index in [2.05, 4.69) is 19.8 Å². The Labute approximate surface area is 96.7 Å². The Morgan fingerprint density at radius 1 is 1.53 bits per heavy atom. The number of nitriles is 1. The summed E-state index contributed by atoms with van der Waals surface area (Å²) in [6.45, 7) is 3.34. The van der Waals surface area contributed by atoms with Gasteiger partial charge < -0.3 is 4.74 Å². The average Bonchev–Trinajstić information content (AvgIpc) is 2.69. The number of aromatic nitrogens is 4. The normalized spacial score (nSPS) is 10.2. The fraction of sp³-hybridized carbons (Fsp3) is 0.300. The molecule has 0 amide bonds. The molecule has 2 rings (SSSR count). The maximum atomic E-state index is 11.4. The minimum atomic E-state index is -0.728. The Morgan fingerprint density at radius 3 is 3.00 bits per heavy atom. The van der Waals surface area contributed by atoms with Crippen molar-refractivity contribution in [2.75, 3.05) is 6.61 Å². The molecule has 7 heteroatoms. The van der Waals surface area contributed by atoms with Crippen LogP contribution < -0.4 is 0 Å². The molecule has 0 aliphatic carbocycles. The third-order valence-corrected chi connectivity index (χ3v) is 2.07. The van der Waals surface area contributed by atoms with Crippen LogP contribution in [0.25, 0.3) is 5.78 Å². The van der Waals surface area contributed by atoms with E-state index in [9.17, 15) is 4.79 Å². The lowest BCUT2D eigenvalue weighted by molar-refractivity contribution is 0.0541. The van der Waals surface area contributed by atoms with Crippen molar-refractivity contribution in [2.24, 2.45) is 0 Å². The molecule has 0 N–H and O–H groups in total. The number of rotatable bonds is 2. The fourth-order valence-corrected chi connectivity index (χ4v) is 1.42. The molecule has 0 spiro atoms. The van der Waals surface area contributed by atoms with Gasteiger partial charge in [0, 0.05) is 11.4 Å². The predicted octanol–water partition coefficient (Wildman–Crippen LogP) is 0.422. The monoisotopic (exact) mass is 231 g/mol. The molecule has 0 saturated carbocycles. The highest BCUT2D eigenvalue weighted by Gasteiger charge is 2.15. The highest BCUT2D eigenvalue weighted by atomic mass is 16.5. The summed E-state index contributed by atoms with van der Waals surface area (Å²) in [5.74, 6) is -0.484. The molecule has 2 heterocycles. The SMILES string of the molecule is Cc1cc(C)n2nc(C(=O)OCC#N)nc2n1. The first-order chi connectivity index (χ1) is 8.11. The summed E-state index contributed by atoms with van der Waals surface area (Å²) < 4.78 is 6.07. The van der Waals surface area contributed by atoms with Gasteiger partial charge in [-0.2, -0.15) is 10.2 Å². The molecule has 0 aromatic carbocycles. The first-order valence-electron chi connectivity index (χ1n) is 4.87. The number of ether oxygens (including phenoxy) is 1. The zero-order valence-corrected chi connectivity index (χ0v) is 9.34. The molecule has 0 atom stereocenters. The van der Waals surface area contributed by atoms with Crippen LogP contribution in [0.15, 0.2) is 6.07 Å². The molecule has 0 unspecified atom stereocenters. The quantitative estimate of drug-likeness (QED) is 0.695. The smallest absolute Gasteiger partial charge is 0.379 e. The summed E-state index contributed by atoms with van der Waals surface area (Å²) in [6.07, 6.45) is 0. The molecule has 86 valence electrons. The van der Waals surface area contributed by atoms with Gasteiger partial charge in [0.2, 0.25) is 0 Å². The Kier molecular flexibility index (Phi) is 2.70. The second-order valence-corrected chi connectivity index (χ2v) is 3.42. The van der Waals surface area contributed by atoms with E-state index in [-0.39, 0.29) is 12.4 Å². The van der Waals surface area contributed by atoms with Gasteiger partial charge in [0.25, 0.3) is 11.6 Å². The van der Waals surface area contributed by atoms with Crippen LogP contribution in [-0.2, 0) is 4.74 Å². The van der Waals surface area contributed by atoms with Gasteiger partial charge in [0.05, 0.1) is 0 Å². The number of nitrogens with zero attached hydrogens (tertiary/aromatic N) is 5. The summed E-state index contributed by atoms with van der Waals surface area (Å²) in [5, 5.41) is 12.3. The van der Waals surface area contributed by atoms with Gasteiger partial charge >= 0.3 is 5.97 Å². The molecule has 0 radical (unpaired) electrons. The first kappa shape index (κ1) is 11.0. The molecule has 0 fully saturated rings. The van der Waals surface area contributed by atoms with Crippen molar-refractivity contribution in [3.05, 3.63) is 23.3 Å². The first-order valence-corrected chi connectivity index (χ1v) is 4.87. The van der Waals surface area contributed by atoms with E-state index in [1.807, 2.05) is 19.9 Å². The van der Waals surface area contributed by atoms with Gasteiger partial charge in [-0.3, -0.25) is 0 Å². The number of aryl methyl sites for hydroxylation is 2. The van der Waals surface area contributed by atoms with Crippen LogP contribution >= 0.6 is 0 Å². The van der Waals surface area contributed by atoms with Crippen LogP contribution in [-0.4, -0.2) is 32.2 Å². The number of fused-ring (bicyclic) bond motifs is 1. The van der Waals surface area contributed by atoms with Crippen LogP contribution in [0, 0.1) is 25.2 Å². The van der Waals surface area contributed by atoms with Crippen molar-refractivity contribution in [1.29, 1.82) is 5.26 Å². The summed E-state index contributed by atoms with van der Waals surface area (Å²) in [7, 11) is 0. The minimum Gasteiger partial charge on any atom is -0.444 e. The molecule has 0 bridgehead atoms. The summed E-state index contributed by atoms with van der Waals surface area (Å²) in [6, 6.07) is 3.53. The van der Waals surface area contributed by atoms with Gasteiger partial charge in [0.1, 0.15) is 6.07 Å². The van der Waals surface area contributed by atoms with Crippen molar-refractivity contribution >= 4 is 11.7 Å². The lowest BCUT2D eigenvalue weighted by Crippen LogP contribution is -2.07. The van der Waals surface area contributed by atoms with E-state index in [0.29, 0.717) is 5.78 Å². The second kappa shape index (κ2) is 4.17. The second-order valence-electron chi connectivity index (χ2n) is 3.42. The fourth-order valence-electron chi connectivity index (χ4n) is 1.42. The highest BCUT2D eigenvalue weighted by Crippen LogP contribution is 2.05. The summed E-state index contributed by atoms with van der Waals surface area (Å²) in [5.41, 5.74) is 1.61. The minimum absolute atomic E-state index is 0.0959. The maximum absolute atomic E-state index is 11.4. The Morgan fingerprint density at radius 2 is 2.29 bits per heavy atom. The molecule has 0 aliphatic heterocycles. The molecular weight excluding hydrogens is 222 g/mol. The summed E-state index contributed by atoms with van der Waals surface area (Å²) in [4.78, 5) is 19.5. The van der Waals surface area contributed by atoms with Gasteiger partial charge in [0.15, 0.2) is 6.61 Å². The summed E-state index contributed by atoms with van der Waals surface area (Å²) >= 11 is 0. The lowest BCUT2D eigenvalue weighted by atomic mass is 10.4. The molecule has 17 heavy (non-hydrogen) atoms. The molecule has 0 aliphatic rings. The number of carbonyl (C=O) groups is 1. The van der Waals surface area contributed by atoms with Crippen LogP contribution in [0.2, 0.25) is 0 Å². The van der Waals surface area contributed by atoms with Gasteiger partial charge in [-0.25, -0.2) is 14.3 Å². The van der Waals surface area contributed by atoms with E-state index >= 15 is 0 Å². The van der Waals surface area contributed by atoms with Crippen LogP contribution in [0.5, 0.6) is 0 Å². The van der Waals surface area contributed by atoms with Crippen molar-refractivity contribution in [1.82, 2.24) is 19.6 Å². The predicted molar refractivity (Wildman–Crippen MR) is 56.2 cm³/mol. The number of hydrogen-bond donors (Lipinski definition) is 0. The maximum Gasteiger partial charge on any atom is 0.379 e. The van der Waals surface area contributed by atoms with E-state index in [0.717, 1.165) is 11.4 Å². The molecule has 2 aromatic rings. The average molecular weight is 231 g/mol. The highest BCUT2D eigenvalue weighted by molar-refractivity contribution is 5.85. The Balaban J connectivity index is 2.42. The van der Waals surface area contributed by atoms with Crippen molar-refractivity contribution in [2.45, 2.75) is 13.8 Å². The van der Waals surface area contributed by atoms with E-state index in [1.54, 1.807) is 6.07 Å². The zero-order valence-electron chi connectivity index (χ0n) is 9.34. The van der Waals surface area contributed by atoms with Crippen LogP contribution in [0.4, 0.5) is 0 Å². The topological polar surface area (TPSA) is 93.2 Å². The van der Waals surface area contributed by atoms with Gasteiger partial charge in [-0.05, 0) is 19.9 Å². The number of esters is 1. The standard InChI is InChI=1S/C10H9N5O2/c1-6-5-7(2)15-10(12-6)13-8(14-15)9(16)17-4-3-11/h5H,4H2,1-2H3. The third-order valence-electron chi connectivity index (χ3n) is 2.07. The van der Waals surface area contributed by atoms with Gasteiger partial charge in [-0.1, -0.05) is 0 Å².